The summed E-state index contributed by atoms with van der Waals surface area (Å²) in [5, 5.41) is 7.99. The van der Waals surface area contributed by atoms with E-state index in [4.69, 9.17) is 4.74 Å². The van der Waals surface area contributed by atoms with E-state index in [0.29, 0.717) is 18.8 Å². The van der Waals surface area contributed by atoms with Crippen LogP contribution in [0.15, 0.2) is 29.6 Å². The van der Waals surface area contributed by atoms with Crippen LogP contribution in [-0.2, 0) is 22.5 Å². The first-order valence-corrected chi connectivity index (χ1v) is 9.56. The van der Waals surface area contributed by atoms with Crippen molar-refractivity contribution < 1.29 is 14.3 Å². The zero-order valence-electron chi connectivity index (χ0n) is 15.0. The molecule has 1 aromatic carbocycles. The lowest BCUT2D eigenvalue weighted by atomic mass is 10.1. The van der Waals surface area contributed by atoms with Gasteiger partial charge in [-0.25, -0.2) is 4.79 Å². The van der Waals surface area contributed by atoms with Crippen molar-refractivity contribution in [1.29, 1.82) is 0 Å². The Morgan fingerprint density at radius 3 is 2.88 bits per heavy atom. The Kier molecular flexibility index (Phi) is 5.78. The molecule has 0 atom stereocenters. The van der Waals surface area contributed by atoms with E-state index in [1.165, 1.54) is 10.4 Å². The minimum atomic E-state index is -0.483. The Bertz CT molecular complexity index is 803. The number of rotatable bonds is 5. The van der Waals surface area contributed by atoms with Gasteiger partial charge in [-0.1, -0.05) is 6.07 Å². The topological polar surface area (TPSA) is 70.7 Å². The van der Waals surface area contributed by atoms with E-state index in [1.54, 1.807) is 18.3 Å². The van der Waals surface area contributed by atoms with Crippen molar-refractivity contribution in [1.82, 2.24) is 4.90 Å². The number of anilines is 2. The number of carbonyl (C=O) groups is 2. The van der Waals surface area contributed by atoms with Crippen LogP contribution in [0.2, 0.25) is 0 Å². The van der Waals surface area contributed by atoms with Gasteiger partial charge in [-0.3, -0.25) is 10.1 Å². The SMILES string of the molecule is CCOC(=O)Nc1cccc(NCC(=O)N2CCc3sccc3C2)c1C. The van der Waals surface area contributed by atoms with Crippen LogP contribution in [0.5, 0.6) is 0 Å². The van der Waals surface area contributed by atoms with E-state index >= 15 is 0 Å². The van der Waals surface area contributed by atoms with Crippen molar-refractivity contribution in [2.75, 3.05) is 30.3 Å². The van der Waals surface area contributed by atoms with Crippen molar-refractivity contribution in [3.8, 4) is 0 Å². The average Bonchev–Trinajstić information content (AvgIpc) is 3.10. The first kappa shape index (κ1) is 18.3. The third-order valence-corrected chi connectivity index (χ3v) is 5.46. The van der Waals surface area contributed by atoms with Crippen LogP contribution in [0, 0.1) is 6.92 Å². The number of ether oxygens (including phenoxy) is 1. The zero-order valence-corrected chi connectivity index (χ0v) is 15.8. The second-order valence-corrected chi connectivity index (χ2v) is 7.11. The van der Waals surface area contributed by atoms with E-state index in [-0.39, 0.29) is 12.5 Å². The molecule has 26 heavy (non-hydrogen) atoms. The minimum Gasteiger partial charge on any atom is -0.450 e. The number of amides is 2. The Morgan fingerprint density at radius 2 is 2.08 bits per heavy atom. The Labute approximate surface area is 157 Å². The number of hydrogen-bond donors (Lipinski definition) is 2. The van der Waals surface area contributed by atoms with Gasteiger partial charge in [0.1, 0.15) is 0 Å². The van der Waals surface area contributed by atoms with Gasteiger partial charge in [0, 0.05) is 29.3 Å². The fourth-order valence-corrected chi connectivity index (χ4v) is 3.87. The monoisotopic (exact) mass is 373 g/mol. The Balaban J connectivity index is 1.59. The van der Waals surface area contributed by atoms with Crippen molar-refractivity contribution in [3.63, 3.8) is 0 Å². The van der Waals surface area contributed by atoms with Crippen LogP contribution in [0.25, 0.3) is 0 Å². The second-order valence-electron chi connectivity index (χ2n) is 6.11. The predicted molar refractivity (Wildman–Crippen MR) is 104 cm³/mol. The van der Waals surface area contributed by atoms with Crippen LogP contribution in [0.4, 0.5) is 16.2 Å². The molecule has 0 aliphatic carbocycles. The van der Waals surface area contributed by atoms with Crippen LogP contribution in [0.3, 0.4) is 0 Å². The number of nitrogens with one attached hydrogen (secondary N) is 2. The predicted octanol–water partition coefficient (Wildman–Crippen LogP) is 3.62. The normalized spacial score (nSPS) is 13.1. The van der Waals surface area contributed by atoms with E-state index in [2.05, 4.69) is 22.1 Å². The maximum Gasteiger partial charge on any atom is 0.411 e. The summed E-state index contributed by atoms with van der Waals surface area (Å²) < 4.78 is 4.91. The summed E-state index contributed by atoms with van der Waals surface area (Å²) in [5.41, 5.74) is 3.61. The largest absolute Gasteiger partial charge is 0.450 e. The van der Waals surface area contributed by atoms with Gasteiger partial charge in [0.15, 0.2) is 0 Å². The molecular formula is C19H23N3O3S. The summed E-state index contributed by atoms with van der Waals surface area (Å²) in [7, 11) is 0. The molecule has 1 aliphatic heterocycles. The Morgan fingerprint density at radius 1 is 1.27 bits per heavy atom. The number of nitrogens with zero attached hydrogens (tertiary/aromatic N) is 1. The molecule has 0 spiro atoms. The molecule has 3 rings (SSSR count). The lowest BCUT2D eigenvalue weighted by Crippen LogP contribution is -2.38. The zero-order chi connectivity index (χ0) is 18.5. The van der Waals surface area contributed by atoms with Gasteiger partial charge >= 0.3 is 6.09 Å². The highest BCUT2D eigenvalue weighted by atomic mass is 32.1. The molecule has 2 heterocycles. The summed E-state index contributed by atoms with van der Waals surface area (Å²) >= 11 is 1.76. The molecule has 1 aliphatic rings. The third kappa shape index (κ3) is 4.16. The van der Waals surface area contributed by atoms with Crippen molar-refractivity contribution >= 4 is 34.7 Å². The smallest absolute Gasteiger partial charge is 0.411 e. The molecule has 6 nitrogen and oxygen atoms in total. The lowest BCUT2D eigenvalue weighted by Gasteiger charge is -2.27. The standard InChI is InChI=1S/C19H23N3O3S/c1-3-25-19(24)21-16-6-4-5-15(13(16)2)20-11-18(23)22-9-7-17-14(12-22)8-10-26-17/h4-6,8,10,20H,3,7,9,11-12H2,1-2H3,(H,21,24). The summed E-state index contributed by atoms with van der Waals surface area (Å²) in [6, 6.07) is 7.63. The highest BCUT2D eigenvalue weighted by Crippen LogP contribution is 2.25. The molecule has 1 aromatic heterocycles. The molecule has 0 saturated heterocycles. The molecule has 2 aromatic rings. The van der Waals surface area contributed by atoms with E-state index in [9.17, 15) is 9.59 Å². The van der Waals surface area contributed by atoms with Gasteiger partial charge in [-0.15, -0.1) is 11.3 Å². The van der Waals surface area contributed by atoms with Gasteiger partial charge in [0.05, 0.1) is 13.2 Å². The second kappa shape index (κ2) is 8.23. The van der Waals surface area contributed by atoms with Crippen LogP contribution >= 0.6 is 11.3 Å². The minimum absolute atomic E-state index is 0.0741. The number of hydrogen-bond acceptors (Lipinski definition) is 5. The van der Waals surface area contributed by atoms with Gasteiger partial charge in [0.25, 0.3) is 0 Å². The number of fused-ring (bicyclic) bond motifs is 1. The van der Waals surface area contributed by atoms with Gasteiger partial charge in [-0.2, -0.15) is 0 Å². The van der Waals surface area contributed by atoms with Gasteiger partial charge < -0.3 is 15.0 Å². The highest BCUT2D eigenvalue weighted by Gasteiger charge is 2.21. The molecule has 2 N–H and O–H groups in total. The summed E-state index contributed by atoms with van der Waals surface area (Å²) in [4.78, 5) is 27.4. The average molecular weight is 373 g/mol. The van der Waals surface area contributed by atoms with Crippen LogP contribution < -0.4 is 10.6 Å². The molecule has 2 amide bonds. The number of thiophene rings is 1. The van der Waals surface area contributed by atoms with Crippen LogP contribution in [0.1, 0.15) is 22.9 Å². The van der Waals surface area contributed by atoms with Crippen LogP contribution in [-0.4, -0.2) is 36.6 Å². The summed E-state index contributed by atoms with van der Waals surface area (Å²) in [6.45, 7) is 5.64. The summed E-state index contributed by atoms with van der Waals surface area (Å²) in [6.07, 6.45) is 0.445. The maximum absolute atomic E-state index is 12.5. The van der Waals surface area contributed by atoms with Gasteiger partial charge in [-0.05, 0) is 55.0 Å². The third-order valence-electron chi connectivity index (χ3n) is 4.44. The highest BCUT2D eigenvalue weighted by molar-refractivity contribution is 7.10. The maximum atomic E-state index is 12.5. The fraction of sp³-hybridized carbons (Fsp3) is 0.368. The molecular weight excluding hydrogens is 350 g/mol. The quantitative estimate of drug-likeness (QED) is 0.840. The number of benzene rings is 1. The van der Waals surface area contributed by atoms with Gasteiger partial charge in [0.2, 0.25) is 5.91 Å². The van der Waals surface area contributed by atoms with E-state index in [0.717, 1.165) is 24.2 Å². The molecule has 0 fully saturated rings. The lowest BCUT2D eigenvalue weighted by molar-refractivity contribution is -0.130. The first-order valence-electron chi connectivity index (χ1n) is 8.68. The van der Waals surface area contributed by atoms with Crippen molar-refractivity contribution in [3.05, 3.63) is 45.6 Å². The molecule has 7 heteroatoms. The Hall–Kier alpha value is -2.54. The molecule has 0 saturated carbocycles. The van der Waals surface area contributed by atoms with Crippen molar-refractivity contribution in [2.24, 2.45) is 0 Å². The van der Waals surface area contributed by atoms with E-state index in [1.807, 2.05) is 30.0 Å². The molecule has 0 unspecified atom stereocenters. The molecule has 0 radical (unpaired) electrons. The van der Waals surface area contributed by atoms with Crippen molar-refractivity contribution in [2.45, 2.75) is 26.8 Å². The first-order chi connectivity index (χ1) is 12.6. The molecule has 138 valence electrons. The van der Waals surface area contributed by atoms with E-state index < -0.39 is 6.09 Å². The molecule has 0 bridgehead atoms. The fourth-order valence-electron chi connectivity index (χ4n) is 2.98. The number of carbonyl (C=O) groups excluding carboxylic acids is 2. The summed E-state index contributed by atoms with van der Waals surface area (Å²) in [5.74, 6) is 0.0741.